The van der Waals surface area contributed by atoms with E-state index < -0.39 is 0 Å². The summed E-state index contributed by atoms with van der Waals surface area (Å²) in [6.07, 6.45) is 5.53. The molecule has 0 aliphatic heterocycles. The topological polar surface area (TPSA) is 20.2 Å². The number of hydrogen-bond donors (Lipinski definition) is 1. The normalized spacial score (nSPS) is 27.3. The van der Waals surface area contributed by atoms with Crippen LogP contribution in [0.25, 0.3) is 0 Å². The summed E-state index contributed by atoms with van der Waals surface area (Å²) in [7, 11) is 0. The fourth-order valence-electron chi connectivity index (χ4n) is 2.48. The molecule has 0 saturated heterocycles. The summed E-state index contributed by atoms with van der Waals surface area (Å²) in [5, 5.41) is 9.78. The van der Waals surface area contributed by atoms with Gasteiger partial charge in [-0.1, -0.05) is 42.7 Å². The van der Waals surface area contributed by atoms with E-state index in [-0.39, 0.29) is 6.10 Å². The van der Waals surface area contributed by atoms with Gasteiger partial charge in [0.05, 0.1) is 6.10 Å². The van der Waals surface area contributed by atoms with Gasteiger partial charge in [-0.25, -0.2) is 0 Å². The van der Waals surface area contributed by atoms with E-state index in [2.05, 4.69) is 31.2 Å². The maximum absolute atomic E-state index is 9.78. The van der Waals surface area contributed by atoms with Crippen molar-refractivity contribution in [2.75, 3.05) is 0 Å². The Morgan fingerprint density at radius 2 is 1.73 bits per heavy atom. The molecule has 1 aromatic carbocycles. The Bertz CT molecular complexity index is 302. The lowest BCUT2D eigenvalue weighted by atomic mass is 9.91. The second-order valence-corrected chi connectivity index (χ2v) is 4.78. The number of aliphatic hydroxyl groups excluding tert-OH is 1. The zero-order chi connectivity index (χ0) is 10.7. The van der Waals surface area contributed by atoms with Crippen molar-refractivity contribution in [2.24, 2.45) is 0 Å². The Labute approximate surface area is 92.1 Å². The van der Waals surface area contributed by atoms with Crippen molar-refractivity contribution in [3.05, 3.63) is 35.4 Å². The van der Waals surface area contributed by atoms with Gasteiger partial charge in [0.15, 0.2) is 0 Å². The second-order valence-electron chi connectivity index (χ2n) is 4.78. The zero-order valence-electron chi connectivity index (χ0n) is 9.45. The van der Waals surface area contributed by atoms with Crippen molar-refractivity contribution in [1.29, 1.82) is 0 Å². The largest absolute Gasteiger partial charge is 0.393 e. The van der Waals surface area contributed by atoms with E-state index in [0.29, 0.717) is 5.92 Å². The molecule has 0 spiro atoms. The highest BCUT2D eigenvalue weighted by Gasteiger charge is 2.19. The van der Waals surface area contributed by atoms with Gasteiger partial charge >= 0.3 is 0 Å². The number of rotatable bonds is 1. The van der Waals surface area contributed by atoms with Gasteiger partial charge in [-0.05, 0) is 37.7 Å². The smallest absolute Gasteiger partial charge is 0.0546 e. The molecule has 0 heterocycles. The van der Waals surface area contributed by atoms with E-state index in [0.717, 1.165) is 12.8 Å². The summed E-state index contributed by atoms with van der Waals surface area (Å²) in [5.74, 6) is 0.572. The lowest BCUT2D eigenvalue weighted by molar-refractivity contribution is 0.152. The zero-order valence-corrected chi connectivity index (χ0v) is 9.45. The molecule has 0 amide bonds. The molecular formula is C14H20O. The molecule has 0 aromatic heterocycles. The quantitative estimate of drug-likeness (QED) is 0.695. The highest BCUT2D eigenvalue weighted by molar-refractivity contribution is 5.24. The minimum absolute atomic E-state index is 0.0844. The summed E-state index contributed by atoms with van der Waals surface area (Å²) in [4.78, 5) is 0. The molecule has 0 radical (unpaired) electrons. The molecule has 1 aliphatic carbocycles. The summed E-state index contributed by atoms with van der Waals surface area (Å²) < 4.78 is 0. The summed E-state index contributed by atoms with van der Waals surface area (Å²) in [6, 6.07) is 8.79. The maximum atomic E-state index is 9.78. The Hall–Kier alpha value is -0.820. The monoisotopic (exact) mass is 204 g/mol. The number of hydrogen-bond acceptors (Lipinski definition) is 1. The second kappa shape index (κ2) is 4.80. The highest BCUT2D eigenvalue weighted by atomic mass is 16.3. The minimum atomic E-state index is -0.0844. The lowest BCUT2D eigenvalue weighted by Crippen LogP contribution is -2.09. The van der Waals surface area contributed by atoms with Crippen molar-refractivity contribution < 1.29 is 5.11 Å². The van der Waals surface area contributed by atoms with Crippen LogP contribution in [0.5, 0.6) is 0 Å². The van der Waals surface area contributed by atoms with Crippen molar-refractivity contribution in [2.45, 2.75) is 51.0 Å². The van der Waals surface area contributed by atoms with E-state index >= 15 is 0 Å². The van der Waals surface area contributed by atoms with Gasteiger partial charge in [-0.2, -0.15) is 0 Å². The molecule has 2 unspecified atom stereocenters. The molecule has 15 heavy (non-hydrogen) atoms. The lowest BCUT2D eigenvalue weighted by Gasteiger charge is -2.16. The highest BCUT2D eigenvalue weighted by Crippen LogP contribution is 2.31. The Kier molecular flexibility index (Phi) is 3.42. The van der Waals surface area contributed by atoms with Crippen LogP contribution in [0.3, 0.4) is 0 Å². The van der Waals surface area contributed by atoms with E-state index in [4.69, 9.17) is 0 Å². The first-order chi connectivity index (χ1) is 7.25. The molecule has 1 heteroatoms. The molecule has 1 aliphatic rings. The Balaban J connectivity index is 2.11. The third kappa shape index (κ3) is 2.82. The van der Waals surface area contributed by atoms with E-state index in [1.807, 2.05) is 0 Å². The molecule has 82 valence electrons. The van der Waals surface area contributed by atoms with Crippen LogP contribution < -0.4 is 0 Å². The molecule has 2 rings (SSSR count). The fraction of sp³-hybridized carbons (Fsp3) is 0.571. The molecule has 1 aromatic rings. The van der Waals surface area contributed by atoms with Crippen LogP contribution in [0.1, 0.15) is 49.1 Å². The van der Waals surface area contributed by atoms with Crippen LogP contribution in [0, 0.1) is 6.92 Å². The van der Waals surface area contributed by atoms with Crippen LogP contribution in [-0.4, -0.2) is 11.2 Å². The van der Waals surface area contributed by atoms with Gasteiger partial charge in [0, 0.05) is 0 Å². The van der Waals surface area contributed by atoms with Gasteiger partial charge in [-0.3, -0.25) is 0 Å². The molecule has 1 saturated carbocycles. The van der Waals surface area contributed by atoms with Crippen molar-refractivity contribution >= 4 is 0 Å². The summed E-state index contributed by atoms with van der Waals surface area (Å²) in [6.45, 7) is 2.12. The Morgan fingerprint density at radius 3 is 2.47 bits per heavy atom. The first-order valence-electron chi connectivity index (χ1n) is 6.00. The first-order valence-corrected chi connectivity index (χ1v) is 6.00. The van der Waals surface area contributed by atoms with Crippen LogP contribution in [0.2, 0.25) is 0 Å². The first kappa shape index (κ1) is 10.7. The summed E-state index contributed by atoms with van der Waals surface area (Å²) in [5.41, 5.74) is 2.72. The van der Waals surface area contributed by atoms with Crippen molar-refractivity contribution in [1.82, 2.24) is 0 Å². The standard InChI is InChI=1S/C14H20O/c1-11-6-8-12(9-7-11)13-4-2-3-5-14(15)10-13/h6-9,13-15H,2-5,10H2,1H3. The molecular weight excluding hydrogens is 184 g/mol. The maximum Gasteiger partial charge on any atom is 0.0546 e. The molecule has 1 N–H and O–H groups in total. The number of aryl methyl sites for hydroxylation is 1. The van der Waals surface area contributed by atoms with Gasteiger partial charge in [-0.15, -0.1) is 0 Å². The molecule has 0 bridgehead atoms. The van der Waals surface area contributed by atoms with Gasteiger partial charge < -0.3 is 5.11 Å². The van der Waals surface area contributed by atoms with E-state index in [1.54, 1.807) is 0 Å². The van der Waals surface area contributed by atoms with E-state index in [1.165, 1.54) is 30.4 Å². The Morgan fingerprint density at radius 1 is 1.07 bits per heavy atom. The molecule has 1 fully saturated rings. The minimum Gasteiger partial charge on any atom is -0.393 e. The average Bonchev–Trinajstić information content (AvgIpc) is 2.44. The van der Waals surface area contributed by atoms with Crippen LogP contribution in [0.4, 0.5) is 0 Å². The van der Waals surface area contributed by atoms with Gasteiger partial charge in [0.1, 0.15) is 0 Å². The summed E-state index contributed by atoms with van der Waals surface area (Å²) >= 11 is 0. The fourth-order valence-corrected chi connectivity index (χ4v) is 2.48. The van der Waals surface area contributed by atoms with Crippen LogP contribution in [0.15, 0.2) is 24.3 Å². The number of aliphatic hydroxyl groups is 1. The van der Waals surface area contributed by atoms with Crippen LogP contribution in [-0.2, 0) is 0 Å². The third-order valence-electron chi connectivity index (χ3n) is 3.45. The van der Waals surface area contributed by atoms with Crippen molar-refractivity contribution in [3.8, 4) is 0 Å². The predicted octanol–water partition coefficient (Wildman–Crippen LogP) is 3.40. The van der Waals surface area contributed by atoms with Gasteiger partial charge in [0.25, 0.3) is 0 Å². The average molecular weight is 204 g/mol. The van der Waals surface area contributed by atoms with Gasteiger partial charge in [0.2, 0.25) is 0 Å². The SMILES string of the molecule is Cc1ccc(C2CCCCC(O)C2)cc1. The van der Waals surface area contributed by atoms with Crippen molar-refractivity contribution in [3.63, 3.8) is 0 Å². The molecule has 2 atom stereocenters. The predicted molar refractivity (Wildman–Crippen MR) is 63.0 cm³/mol. The van der Waals surface area contributed by atoms with E-state index in [9.17, 15) is 5.11 Å². The third-order valence-corrected chi connectivity index (χ3v) is 3.45. The number of benzene rings is 1. The van der Waals surface area contributed by atoms with Crippen LogP contribution >= 0.6 is 0 Å². The molecule has 1 nitrogen and oxygen atoms in total.